The lowest BCUT2D eigenvalue weighted by Crippen LogP contribution is -2.55. The largest absolute Gasteiger partial charge is 0.478 e. The van der Waals surface area contributed by atoms with Crippen molar-refractivity contribution in [3.05, 3.63) is 17.0 Å². The van der Waals surface area contributed by atoms with E-state index in [2.05, 4.69) is 10.6 Å². The van der Waals surface area contributed by atoms with Crippen LogP contribution in [0, 0.1) is 0 Å². The lowest BCUT2D eigenvalue weighted by molar-refractivity contribution is 0.0698. The van der Waals surface area contributed by atoms with Gasteiger partial charge in [-0.3, -0.25) is 5.32 Å². The maximum atomic E-state index is 11.7. The molecule has 0 bridgehead atoms. The fourth-order valence-electron chi connectivity index (χ4n) is 1.39. The molecule has 1 rings (SSSR count). The Balaban J connectivity index is 2.75. The van der Waals surface area contributed by atoms with E-state index in [1.165, 1.54) is 6.07 Å². The summed E-state index contributed by atoms with van der Waals surface area (Å²) in [6, 6.07) is 0.711. The van der Waals surface area contributed by atoms with Gasteiger partial charge in [0.05, 0.1) is 24.3 Å². The van der Waals surface area contributed by atoms with Crippen molar-refractivity contribution in [1.29, 1.82) is 0 Å². The second kappa shape index (κ2) is 6.50. The quantitative estimate of drug-likeness (QED) is 0.528. The number of hydrogen-bond acceptors (Lipinski definition) is 5. The molecule has 0 saturated heterocycles. The van der Waals surface area contributed by atoms with Crippen LogP contribution in [0.4, 0.5) is 9.80 Å². The average molecular weight is 288 g/mol. The van der Waals surface area contributed by atoms with Gasteiger partial charge in [-0.15, -0.1) is 11.3 Å². The molecule has 8 heteroatoms. The molecule has 1 aromatic rings. The average Bonchev–Trinajstić information content (AvgIpc) is 2.84. The Morgan fingerprint density at radius 2 is 2.00 bits per heavy atom. The fourth-order valence-corrected chi connectivity index (χ4v) is 2.16. The second-order valence-corrected chi connectivity index (χ2v) is 4.91. The molecule has 106 valence electrons. The highest BCUT2D eigenvalue weighted by Gasteiger charge is 2.29. The van der Waals surface area contributed by atoms with E-state index in [0.717, 1.165) is 11.3 Å². The topological polar surface area (TPSA) is 119 Å². The van der Waals surface area contributed by atoms with Crippen LogP contribution >= 0.6 is 11.3 Å². The number of carbonyl (C=O) groups is 2. The second-order valence-electron chi connectivity index (χ2n) is 4.00. The van der Waals surface area contributed by atoms with Gasteiger partial charge >= 0.3 is 12.0 Å². The van der Waals surface area contributed by atoms with E-state index in [0.29, 0.717) is 6.42 Å². The Bertz CT molecular complexity index is 447. The van der Waals surface area contributed by atoms with Gasteiger partial charge in [0.2, 0.25) is 0 Å². The molecule has 0 aliphatic rings. The summed E-state index contributed by atoms with van der Waals surface area (Å²) in [4.78, 5) is 22.6. The molecule has 1 aromatic heterocycles. The Labute approximate surface area is 113 Å². The molecule has 5 N–H and O–H groups in total. The number of rotatable bonds is 6. The molecule has 2 amide bonds. The first kappa shape index (κ1) is 15.4. The van der Waals surface area contributed by atoms with Crippen molar-refractivity contribution in [3.8, 4) is 0 Å². The molecule has 0 aromatic carbocycles. The van der Waals surface area contributed by atoms with Gasteiger partial charge in [0.1, 0.15) is 5.00 Å². The number of thiophene rings is 1. The lowest BCUT2D eigenvalue weighted by atomic mass is 9.99. The third-order valence-electron chi connectivity index (χ3n) is 2.78. The Hall–Kier alpha value is -1.64. The maximum Gasteiger partial charge on any atom is 0.338 e. The van der Waals surface area contributed by atoms with Gasteiger partial charge in [-0.2, -0.15) is 0 Å². The minimum Gasteiger partial charge on any atom is -0.478 e. The molecule has 0 radical (unpaired) electrons. The number of urea groups is 1. The van der Waals surface area contributed by atoms with Crippen molar-refractivity contribution < 1.29 is 24.9 Å². The van der Waals surface area contributed by atoms with Crippen molar-refractivity contribution in [3.63, 3.8) is 0 Å². The first-order valence-electron chi connectivity index (χ1n) is 5.59. The third-order valence-corrected chi connectivity index (χ3v) is 3.61. The fraction of sp³-hybridized carbons (Fsp3) is 0.455. The molecule has 1 heterocycles. The number of aromatic carboxylic acids is 1. The summed E-state index contributed by atoms with van der Waals surface area (Å²) in [5, 5.41) is 33.9. The molecule has 0 atom stereocenters. The molecule has 0 unspecified atom stereocenters. The van der Waals surface area contributed by atoms with Gasteiger partial charge in [-0.25, -0.2) is 9.59 Å². The van der Waals surface area contributed by atoms with Crippen LogP contribution in [0.25, 0.3) is 0 Å². The van der Waals surface area contributed by atoms with Crippen LogP contribution in [0.15, 0.2) is 11.4 Å². The smallest absolute Gasteiger partial charge is 0.338 e. The third kappa shape index (κ3) is 3.66. The van der Waals surface area contributed by atoms with Crippen LogP contribution in [0.2, 0.25) is 0 Å². The zero-order valence-corrected chi connectivity index (χ0v) is 11.2. The zero-order chi connectivity index (χ0) is 14.5. The SMILES string of the molecule is CCC(CO)(CO)NC(=O)Nc1sccc1C(=O)O. The number of amides is 2. The Kier molecular flexibility index (Phi) is 5.28. The normalized spacial score (nSPS) is 11.1. The number of carboxylic acid groups (broad SMARTS) is 1. The molecule has 0 saturated carbocycles. The van der Waals surface area contributed by atoms with Crippen LogP contribution in [0.1, 0.15) is 23.7 Å². The first-order chi connectivity index (χ1) is 8.98. The van der Waals surface area contributed by atoms with E-state index in [9.17, 15) is 19.8 Å². The van der Waals surface area contributed by atoms with Crippen LogP contribution in [-0.2, 0) is 0 Å². The number of anilines is 1. The maximum absolute atomic E-state index is 11.7. The highest BCUT2D eigenvalue weighted by atomic mass is 32.1. The predicted octanol–water partition coefficient (Wildman–Crippen LogP) is 0.701. The number of hydrogen-bond donors (Lipinski definition) is 5. The van der Waals surface area contributed by atoms with E-state index in [4.69, 9.17) is 5.11 Å². The molecule has 0 aliphatic heterocycles. The molecule has 7 nitrogen and oxygen atoms in total. The van der Waals surface area contributed by atoms with Crippen LogP contribution < -0.4 is 10.6 Å². The summed E-state index contributed by atoms with van der Waals surface area (Å²) in [5.74, 6) is -1.14. The number of aliphatic hydroxyl groups is 2. The van der Waals surface area contributed by atoms with Gasteiger partial charge in [-0.1, -0.05) is 6.92 Å². The van der Waals surface area contributed by atoms with Crippen molar-refractivity contribution >= 4 is 28.3 Å². The first-order valence-corrected chi connectivity index (χ1v) is 6.47. The minimum atomic E-state index is -1.14. The van der Waals surface area contributed by atoms with Gasteiger partial charge in [0.25, 0.3) is 0 Å². The van der Waals surface area contributed by atoms with E-state index >= 15 is 0 Å². The lowest BCUT2D eigenvalue weighted by Gasteiger charge is -2.29. The van der Waals surface area contributed by atoms with Gasteiger partial charge in [0.15, 0.2) is 0 Å². The highest BCUT2D eigenvalue weighted by Crippen LogP contribution is 2.23. The minimum absolute atomic E-state index is 0.00440. The number of carbonyl (C=O) groups excluding carboxylic acids is 1. The van der Waals surface area contributed by atoms with Crippen molar-refractivity contribution in [1.82, 2.24) is 5.32 Å². The molecular formula is C11H16N2O5S. The number of aliphatic hydroxyl groups excluding tert-OH is 2. The summed E-state index contributed by atoms with van der Waals surface area (Å²) in [5.41, 5.74) is -1.12. The molecule has 19 heavy (non-hydrogen) atoms. The Morgan fingerprint density at radius 3 is 2.47 bits per heavy atom. The molecule has 0 spiro atoms. The van der Waals surface area contributed by atoms with Crippen molar-refractivity contribution in [2.24, 2.45) is 0 Å². The summed E-state index contributed by atoms with van der Waals surface area (Å²) in [6.07, 6.45) is 0.337. The van der Waals surface area contributed by atoms with E-state index < -0.39 is 30.8 Å². The summed E-state index contributed by atoms with van der Waals surface area (Å²) in [6.45, 7) is 0.883. The predicted molar refractivity (Wildman–Crippen MR) is 70.6 cm³/mol. The van der Waals surface area contributed by atoms with Gasteiger partial charge < -0.3 is 20.6 Å². The molecule has 0 aliphatic carbocycles. The van der Waals surface area contributed by atoms with E-state index in [-0.39, 0.29) is 10.6 Å². The van der Waals surface area contributed by atoms with Gasteiger partial charge in [-0.05, 0) is 17.9 Å². The monoisotopic (exact) mass is 288 g/mol. The summed E-state index contributed by atoms with van der Waals surface area (Å²) in [7, 11) is 0. The Morgan fingerprint density at radius 1 is 1.37 bits per heavy atom. The standard InChI is InChI=1S/C11H16N2O5S/c1-2-11(5-14,6-15)13-10(18)12-8-7(9(16)17)3-4-19-8/h3-4,14-15H,2,5-6H2,1H3,(H,16,17)(H2,12,13,18). The van der Waals surface area contributed by atoms with E-state index in [1.807, 2.05) is 0 Å². The van der Waals surface area contributed by atoms with Crippen LogP contribution in [0.3, 0.4) is 0 Å². The summed E-state index contributed by atoms with van der Waals surface area (Å²) < 4.78 is 0. The van der Waals surface area contributed by atoms with Gasteiger partial charge in [0, 0.05) is 0 Å². The zero-order valence-electron chi connectivity index (χ0n) is 10.3. The van der Waals surface area contributed by atoms with E-state index in [1.54, 1.807) is 12.3 Å². The van der Waals surface area contributed by atoms with Crippen molar-refractivity contribution in [2.45, 2.75) is 18.9 Å². The van der Waals surface area contributed by atoms with Crippen molar-refractivity contribution in [2.75, 3.05) is 18.5 Å². The van der Waals surface area contributed by atoms with Crippen LogP contribution in [0.5, 0.6) is 0 Å². The highest BCUT2D eigenvalue weighted by molar-refractivity contribution is 7.14. The number of carboxylic acids is 1. The number of nitrogens with one attached hydrogen (secondary N) is 2. The molecular weight excluding hydrogens is 272 g/mol. The molecule has 0 fully saturated rings. The summed E-state index contributed by atoms with van der Waals surface area (Å²) >= 11 is 1.08. The van der Waals surface area contributed by atoms with Crippen LogP contribution in [-0.4, -0.2) is 46.1 Å².